The Balaban J connectivity index is 2.51. The van der Waals surface area contributed by atoms with Crippen molar-refractivity contribution in [2.45, 2.75) is 4.90 Å². The fourth-order valence-corrected chi connectivity index (χ4v) is 2.67. The second kappa shape index (κ2) is 6.06. The first kappa shape index (κ1) is 11.6. The second-order valence-electron chi connectivity index (χ2n) is 2.68. The first-order valence-corrected chi connectivity index (χ1v) is 6.44. The van der Waals surface area contributed by atoms with Crippen LogP contribution in [0.1, 0.15) is 9.67 Å². The van der Waals surface area contributed by atoms with Crippen molar-refractivity contribution in [3.8, 4) is 0 Å². The van der Waals surface area contributed by atoms with Gasteiger partial charge in [0.25, 0.3) is 5.91 Å². The van der Waals surface area contributed by atoms with E-state index in [0.717, 1.165) is 16.3 Å². The fourth-order valence-electron chi connectivity index (χ4n) is 1.01. The first-order chi connectivity index (χ1) is 6.79. The third-order valence-electron chi connectivity index (χ3n) is 1.72. The lowest BCUT2D eigenvalue weighted by Crippen LogP contribution is -2.30. The summed E-state index contributed by atoms with van der Waals surface area (Å²) in [5.41, 5.74) is 0. The minimum atomic E-state index is 0.0274. The molecule has 2 N–H and O–H groups in total. The van der Waals surface area contributed by atoms with Gasteiger partial charge in [0.15, 0.2) is 0 Å². The molecule has 1 aromatic heterocycles. The zero-order valence-electron chi connectivity index (χ0n) is 8.29. The standard InChI is InChI=1S/C9H14N2OS2/c1-10-4-5-11-9(12)8-7(13-2)3-6-14-8/h3,6,10H,4-5H2,1-2H3,(H,11,12). The maximum Gasteiger partial charge on any atom is 0.262 e. The number of hydrogen-bond acceptors (Lipinski definition) is 4. The van der Waals surface area contributed by atoms with Crippen molar-refractivity contribution in [1.82, 2.24) is 10.6 Å². The molecule has 0 spiro atoms. The lowest BCUT2D eigenvalue weighted by atomic mass is 10.4. The molecule has 0 saturated carbocycles. The highest BCUT2D eigenvalue weighted by atomic mass is 32.2. The van der Waals surface area contributed by atoms with Crippen LogP contribution in [0.5, 0.6) is 0 Å². The molecule has 5 heteroatoms. The molecule has 78 valence electrons. The third kappa shape index (κ3) is 3.01. The Labute approximate surface area is 92.3 Å². The van der Waals surface area contributed by atoms with E-state index in [4.69, 9.17) is 0 Å². The topological polar surface area (TPSA) is 41.1 Å². The highest BCUT2D eigenvalue weighted by molar-refractivity contribution is 7.98. The van der Waals surface area contributed by atoms with Crippen LogP contribution < -0.4 is 10.6 Å². The van der Waals surface area contributed by atoms with Crippen molar-refractivity contribution >= 4 is 29.0 Å². The number of thioether (sulfide) groups is 1. The van der Waals surface area contributed by atoms with Gasteiger partial charge < -0.3 is 10.6 Å². The summed E-state index contributed by atoms with van der Waals surface area (Å²) in [6.07, 6.45) is 1.98. The van der Waals surface area contributed by atoms with E-state index < -0.39 is 0 Å². The lowest BCUT2D eigenvalue weighted by Gasteiger charge is -2.03. The summed E-state index contributed by atoms with van der Waals surface area (Å²) in [5.74, 6) is 0.0274. The van der Waals surface area contributed by atoms with Gasteiger partial charge in [-0.05, 0) is 24.7 Å². The number of rotatable bonds is 5. The van der Waals surface area contributed by atoms with E-state index in [-0.39, 0.29) is 5.91 Å². The first-order valence-electron chi connectivity index (χ1n) is 4.34. The van der Waals surface area contributed by atoms with Crippen molar-refractivity contribution in [3.05, 3.63) is 16.3 Å². The highest BCUT2D eigenvalue weighted by Crippen LogP contribution is 2.25. The smallest absolute Gasteiger partial charge is 0.262 e. The molecule has 0 aliphatic heterocycles. The molecule has 0 saturated heterocycles. The monoisotopic (exact) mass is 230 g/mol. The number of amides is 1. The molecular weight excluding hydrogens is 216 g/mol. The van der Waals surface area contributed by atoms with Crippen LogP contribution in [0, 0.1) is 0 Å². The van der Waals surface area contributed by atoms with Gasteiger partial charge in [-0.15, -0.1) is 23.1 Å². The number of nitrogens with one attached hydrogen (secondary N) is 2. The number of thiophene rings is 1. The maximum absolute atomic E-state index is 11.6. The van der Waals surface area contributed by atoms with Crippen LogP contribution in [-0.2, 0) is 0 Å². The molecular formula is C9H14N2OS2. The van der Waals surface area contributed by atoms with Crippen molar-refractivity contribution < 1.29 is 4.79 Å². The molecule has 1 amide bonds. The van der Waals surface area contributed by atoms with E-state index in [2.05, 4.69) is 10.6 Å². The molecule has 3 nitrogen and oxygen atoms in total. The molecule has 0 radical (unpaired) electrons. The summed E-state index contributed by atoms with van der Waals surface area (Å²) in [7, 11) is 1.87. The minimum Gasteiger partial charge on any atom is -0.350 e. The summed E-state index contributed by atoms with van der Waals surface area (Å²) in [6.45, 7) is 1.47. The maximum atomic E-state index is 11.6. The van der Waals surface area contributed by atoms with Crippen LogP contribution >= 0.6 is 23.1 Å². The Morgan fingerprint density at radius 3 is 3.00 bits per heavy atom. The molecule has 0 aliphatic carbocycles. The Kier molecular flexibility index (Phi) is 5.00. The van der Waals surface area contributed by atoms with E-state index >= 15 is 0 Å². The van der Waals surface area contributed by atoms with Gasteiger partial charge in [-0.2, -0.15) is 0 Å². The molecule has 1 aromatic rings. The Morgan fingerprint density at radius 1 is 1.57 bits per heavy atom. The predicted octanol–water partition coefficient (Wildman–Crippen LogP) is 1.42. The SMILES string of the molecule is CNCCNC(=O)c1sccc1SC. The largest absolute Gasteiger partial charge is 0.350 e. The van der Waals surface area contributed by atoms with E-state index in [1.807, 2.05) is 24.7 Å². The minimum absolute atomic E-state index is 0.0274. The number of carbonyl (C=O) groups excluding carboxylic acids is 1. The van der Waals surface area contributed by atoms with Crippen LogP contribution in [-0.4, -0.2) is 32.3 Å². The third-order valence-corrected chi connectivity index (χ3v) is 3.54. The molecule has 14 heavy (non-hydrogen) atoms. The van der Waals surface area contributed by atoms with Crippen LogP contribution in [0.15, 0.2) is 16.3 Å². The quantitative estimate of drug-likeness (QED) is 0.594. The average Bonchev–Trinajstić information content (AvgIpc) is 2.65. The molecule has 0 aliphatic rings. The Bertz CT molecular complexity index is 299. The van der Waals surface area contributed by atoms with Crippen molar-refractivity contribution in [3.63, 3.8) is 0 Å². The number of hydrogen-bond donors (Lipinski definition) is 2. The van der Waals surface area contributed by atoms with Gasteiger partial charge in [0.05, 0.1) is 0 Å². The molecule has 0 atom stereocenters. The van der Waals surface area contributed by atoms with Gasteiger partial charge >= 0.3 is 0 Å². The van der Waals surface area contributed by atoms with Gasteiger partial charge in [-0.25, -0.2) is 0 Å². The summed E-state index contributed by atoms with van der Waals surface area (Å²) in [4.78, 5) is 13.5. The van der Waals surface area contributed by atoms with Gasteiger partial charge in [-0.3, -0.25) is 4.79 Å². The molecule has 0 bridgehead atoms. The van der Waals surface area contributed by atoms with E-state index in [1.54, 1.807) is 11.8 Å². The van der Waals surface area contributed by atoms with E-state index in [1.165, 1.54) is 11.3 Å². The molecule has 0 fully saturated rings. The van der Waals surface area contributed by atoms with Gasteiger partial charge in [-0.1, -0.05) is 0 Å². The fraction of sp³-hybridized carbons (Fsp3) is 0.444. The average molecular weight is 230 g/mol. The Morgan fingerprint density at radius 2 is 2.36 bits per heavy atom. The summed E-state index contributed by atoms with van der Waals surface area (Å²) in [6, 6.07) is 1.97. The molecule has 0 unspecified atom stereocenters. The number of likely N-dealkylation sites (N-methyl/N-ethyl adjacent to an activating group) is 1. The molecule has 1 rings (SSSR count). The van der Waals surface area contributed by atoms with Gasteiger partial charge in [0.1, 0.15) is 4.88 Å². The highest BCUT2D eigenvalue weighted by Gasteiger charge is 2.11. The van der Waals surface area contributed by atoms with E-state index in [9.17, 15) is 4.79 Å². The van der Waals surface area contributed by atoms with E-state index in [0.29, 0.717) is 6.54 Å². The van der Waals surface area contributed by atoms with Crippen molar-refractivity contribution in [2.75, 3.05) is 26.4 Å². The predicted molar refractivity (Wildman–Crippen MR) is 62.4 cm³/mol. The summed E-state index contributed by atoms with van der Waals surface area (Å²) >= 11 is 3.09. The van der Waals surface area contributed by atoms with Crippen LogP contribution in [0.25, 0.3) is 0 Å². The lowest BCUT2D eigenvalue weighted by molar-refractivity contribution is 0.0955. The van der Waals surface area contributed by atoms with Crippen LogP contribution in [0.2, 0.25) is 0 Å². The normalized spacial score (nSPS) is 10.1. The molecule has 0 aromatic carbocycles. The Hall–Kier alpha value is -0.520. The van der Waals surface area contributed by atoms with Crippen molar-refractivity contribution in [1.29, 1.82) is 0 Å². The molecule has 1 heterocycles. The summed E-state index contributed by atoms with van der Waals surface area (Å²) in [5, 5.41) is 7.78. The van der Waals surface area contributed by atoms with Crippen molar-refractivity contribution in [2.24, 2.45) is 0 Å². The second-order valence-corrected chi connectivity index (χ2v) is 4.44. The van der Waals surface area contributed by atoms with Gasteiger partial charge in [0.2, 0.25) is 0 Å². The van der Waals surface area contributed by atoms with Crippen LogP contribution in [0.3, 0.4) is 0 Å². The zero-order valence-corrected chi connectivity index (χ0v) is 9.93. The number of carbonyl (C=O) groups is 1. The zero-order chi connectivity index (χ0) is 10.4. The van der Waals surface area contributed by atoms with Crippen LogP contribution in [0.4, 0.5) is 0 Å². The van der Waals surface area contributed by atoms with Gasteiger partial charge in [0, 0.05) is 18.0 Å². The summed E-state index contributed by atoms with van der Waals surface area (Å²) < 4.78 is 0.